The molecule has 3 aromatic rings. The average molecular weight is 478 g/mol. The van der Waals surface area contributed by atoms with E-state index in [1.165, 1.54) is 34.6 Å². The third kappa shape index (κ3) is 5.48. The number of aryl methyl sites for hydroxylation is 1. The number of amides is 1. The molecule has 3 aromatic carbocycles. The smallest absolute Gasteiger partial charge is 0.264 e. The average Bonchev–Trinajstić information content (AvgIpc) is 3.10. The van der Waals surface area contributed by atoms with Gasteiger partial charge in [-0.25, -0.2) is 8.42 Å². The maximum absolute atomic E-state index is 13.1. The Labute approximate surface area is 202 Å². The largest absolute Gasteiger partial charge is 0.337 e. The number of rotatable bonds is 6. The van der Waals surface area contributed by atoms with E-state index in [0.29, 0.717) is 24.3 Å². The number of anilines is 1. The number of carbonyl (C=O) groups is 1. The molecule has 1 saturated heterocycles. The lowest BCUT2D eigenvalue weighted by molar-refractivity contribution is 0.0761. The van der Waals surface area contributed by atoms with Crippen LogP contribution in [0.25, 0.3) is 0 Å². The molecule has 1 aliphatic rings. The standard InChI is InChI=1S/C27H31N3O3S/c1-22-9-11-23(12-10-22)21-29-17-6-18-30(20-19-29)27(31)24-13-15-26(16-14-24)34(32,33)28(2)25-7-4-3-5-8-25/h3-5,7-16H,6,17-21H2,1-2H3. The lowest BCUT2D eigenvalue weighted by Crippen LogP contribution is -2.35. The summed E-state index contributed by atoms with van der Waals surface area (Å²) in [5, 5.41) is 0. The molecular formula is C27H31N3O3S. The Morgan fingerprint density at radius 3 is 2.21 bits per heavy atom. The zero-order valence-corrected chi connectivity index (χ0v) is 20.5. The van der Waals surface area contributed by atoms with Crippen LogP contribution < -0.4 is 4.31 Å². The van der Waals surface area contributed by atoms with Crippen molar-refractivity contribution in [3.63, 3.8) is 0 Å². The van der Waals surface area contributed by atoms with Gasteiger partial charge >= 0.3 is 0 Å². The monoisotopic (exact) mass is 477 g/mol. The minimum atomic E-state index is -3.70. The summed E-state index contributed by atoms with van der Waals surface area (Å²) in [6.07, 6.45) is 0.909. The van der Waals surface area contributed by atoms with Crippen molar-refractivity contribution in [3.05, 3.63) is 95.6 Å². The van der Waals surface area contributed by atoms with Crippen LogP contribution in [0.5, 0.6) is 0 Å². The molecule has 0 unspecified atom stereocenters. The van der Waals surface area contributed by atoms with E-state index in [9.17, 15) is 13.2 Å². The van der Waals surface area contributed by atoms with Gasteiger partial charge in [-0.3, -0.25) is 14.0 Å². The van der Waals surface area contributed by atoms with Gasteiger partial charge in [-0.15, -0.1) is 0 Å². The minimum absolute atomic E-state index is 0.0578. The predicted molar refractivity (Wildman–Crippen MR) is 135 cm³/mol. The second-order valence-electron chi connectivity index (χ2n) is 8.74. The van der Waals surface area contributed by atoms with Crippen molar-refractivity contribution in [2.75, 3.05) is 37.5 Å². The van der Waals surface area contributed by atoms with Crippen molar-refractivity contribution < 1.29 is 13.2 Å². The molecule has 0 atom stereocenters. The molecule has 1 heterocycles. The second kappa shape index (κ2) is 10.4. The maximum Gasteiger partial charge on any atom is 0.264 e. The molecule has 0 N–H and O–H groups in total. The molecule has 6 nitrogen and oxygen atoms in total. The molecule has 34 heavy (non-hydrogen) atoms. The van der Waals surface area contributed by atoms with Crippen LogP contribution in [0.2, 0.25) is 0 Å². The van der Waals surface area contributed by atoms with Crippen LogP contribution in [0.1, 0.15) is 27.9 Å². The first kappa shape index (κ1) is 24.0. The molecule has 1 fully saturated rings. The number of benzene rings is 3. The van der Waals surface area contributed by atoms with Gasteiger partial charge in [0.05, 0.1) is 10.6 Å². The number of para-hydroxylation sites is 1. The van der Waals surface area contributed by atoms with E-state index in [-0.39, 0.29) is 10.8 Å². The molecule has 0 aliphatic carbocycles. The fraction of sp³-hybridized carbons (Fsp3) is 0.296. The number of sulfonamides is 1. The molecule has 0 radical (unpaired) electrons. The van der Waals surface area contributed by atoms with Gasteiger partial charge < -0.3 is 4.90 Å². The van der Waals surface area contributed by atoms with E-state index in [4.69, 9.17) is 0 Å². The summed E-state index contributed by atoms with van der Waals surface area (Å²) in [4.78, 5) is 17.5. The zero-order chi connectivity index (χ0) is 24.1. The molecule has 1 amide bonds. The van der Waals surface area contributed by atoms with Gasteiger partial charge in [0.2, 0.25) is 0 Å². The molecule has 178 valence electrons. The van der Waals surface area contributed by atoms with Gasteiger partial charge in [-0.2, -0.15) is 0 Å². The van der Waals surface area contributed by atoms with Gasteiger partial charge in [-0.05, 0) is 55.3 Å². The molecule has 4 rings (SSSR count). The highest BCUT2D eigenvalue weighted by atomic mass is 32.2. The quantitative estimate of drug-likeness (QED) is 0.535. The Morgan fingerprint density at radius 1 is 0.853 bits per heavy atom. The predicted octanol–water partition coefficient (Wildman–Crippen LogP) is 4.17. The SMILES string of the molecule is Cc1ccc(CN2CCCN(C(=O)c3ccc(S(=O)(=O)N(C)c4ccccc4)cc3)CC2)cc1. The Hall–Kier alpha value is -3.16. The highest BCUT2D eigenvalue weighted by Crippen LogP contribution is 2.22. The highest BCUT2D eigenvalue weighted by Gasteiger charge is 2.24. The first-order valence-electron chi connectivity index (χ1n) is 11.6. The molecule has 0 spiro atoms. The summed E-state index contributed by atoms with van der Waals surface area (Å²) in [5.74, 6) is -0.0578. The Kier molecular flexibility index (Phi) is 7.34. The van der Waals surface area contributed by atoms with Crippen LogP contribution in [0, 0.1) is 6.92 Å². The second-order valence-corrected chi connectivity index (χ2v) is 10.7. The number of nitrogens with zero attached hydrogens (tertiary/aromatic N) is 3. The molecule has 0 aromatic heterocycles. The van der Waals surface area contributed by atoms with Gasteiger partial charge in [0.15, 0.2) is 0 Å². The Morgan fingerprint density at radius 2 is 1.53 bits per heavy atom. The number of hydrogen-bond acceptors (Lipinski definition) is 4. The van der Waals surface area contributed by atoms with Crippen molar-refractivity contribution in [1.82, 2.24) is 9.80 Å². The van der Waals surface area contributed by atoms with E-state index in [1.54, 1.807) is 36.4 Å². The van der Waals surface area contributed by atoms with Crippen molar-refractivity contribution in [1.29, 1.82) is 0 Å². The number of carbonyl (C=O) groups excluding carboxylic acids is 1. The van der Waals surface area contributed by atoms with Crippen molar-refractivity contribution in [3.8, 4) is 0 Å². The van der Waals surface area contributed by atoms with Gasteiger partial charge in [0.1, 0.15) is 0 Å². The van der Waals surface area contributed by atoms with E-state index >= 15 is 0 Å². The highest BCUT2D eigenvalue weighted by molar-refractivity contribution is 7.92. The topological polar surface area (TPSA) is 60.9 Å². The van der Waals surface area contributed by atoms with Crippen LogP contribution in [0.15, 0.2) is 83.8 Å². The van der Waals surface area contributed by atoms with Crippen LogP contribution in [-0.4, -0.2) is 57.4 Å². The molecular weight excluding hydrogens is 446 g/mol. The fourth-order valence-electron chi connectivity index (χ4n) is 4.17. The molecule has 0 bridgehead atoms. The third-order valence-corrected chi connectivity index (χ3v) is 8.08. The first-order valence-corrected chi connectivity index (χ1v) is 13.0. The molecule has 0 saturated carbocycles. The summed E-state index contributed by atoms with van der Waals surface area (Å²) in [5.41, 5.74) is 3.63. The molecule has 1 aliphatic heterocycles. The van der Waals surface area contributed by atoms with Crippen molar-refractivity contribution in [2.24, 2.45) is 0 Å². The van der Waals surface area contributed by atoms with Crippen molar-refractivity contribution in [2.45, 2.75) is 24.8 Å². The van der Waals surface area contributed by atoms with E-state index in [1.807, 2.05) is 11.0 Å². The van der Waals surface area contributed by atoms with Gasteiger partial charge in [-0.1, -0.05) is 48.0 Å². The molecule has 7 heteroatoms. The van der Waals surface area contributed by atoms with Crippen molar-refractivity contribution >= 4 is 21.6 Å². The maximum atomic E-state index is 13.1. The van der Waals surface area contributed by atoms with Crippen LogP contribution in [0.4, 0.5) is 5.69 Å². The normalized spacial score (nSPS) is 15.1. The number of hydrogen-bond donors (Lipinski definition) is 0. The summed E-state index contributed by atoms with van der Waals surface area (Å²) >= 11 is 0. The lowest BCUT2D eigenvalue weighted by atomic mass is 10.1. The van der Waals surface area contributed by atoms with Crippen LogP contribution in [0.3, 0.4) is 0 Å². The third-order valence-electron chi connectivity index (χ3n) is 6.28. The lowest BCUT2D eigenvalue weighted by Gasteiger charge is -2.22. The summed E-state index contributed by atoms with van der Waals surface area (Å²) in [7, 11) is -2.17. The van der Waals surface area contributed by atoms with Gasteiger partial charge in [0, 0.05) is 45.3 Å². The van der Waals surface area contributed by atoms with Crippen LogP contribution >= 0.6 is 0 Å². The van der Waals surface area contributed by atoms with E-state index in [0.717, 1.165) is 26.1 Å². The van der Waals surface area contributed by atoms with Gasteiger partial charge in [0.25, 0.3) is 15.9 Å². The Balaban J connectivity index is 1.40. The van der Waals surface area contributed by atoms with Crippen LogP contribution in [-0.2, 0) is 16.6 Å². The summed E-state index contributed by atoms with van der Waals surface area (Å²) < 4.78 is 27.2. The van der Waals surface area contributed by atoms with E-state index < -0.39 is 10.0 Å². The Bertz CT molecular complexity index is 1210. The minimum Gasteiger partial charge on any atom is -0.337 e. The zero-order valence-electron chi connectivity index (χ0n) is 19.7. The fourth-order valence-corrected chi connectivity index (χ4v) is 5.37. The summed E-state index contributed by atoms with van der Waals surface area (Å²) in [6, 6.07) is 23.8. The summed E-state index contributed by atoms with van der Waals surface area (Å²) in [6.45, 7) is 6.07. The first-order chi connectivity index (χ1) is 16.3. The van der Waals surface area contributed by atoms with E-state index in [2.05, 4.69) is 36.1 Å².